The van der Waals surface area contributed by atoms with Crippen molar-refractivity contribution in [2.24, 2.45) is 0 Å². The van der Waals surface area contributed by atoms with Gasteiger partial charge >= 0.3 is 0 Å². The summed E-state index contributed by atoms with van der Waals surface area (Å²) in [6.07, 6.45) is 1.58. The number of aryl methyl sites for hydroxylation is 1. The highest BCUT2D eigenvalue weighted by Gasteiger charge is 2.19. The zero-order valence-electron chi connectivity index (χ0n) is 11.1. The lowest BCUT2D eigenvalue weighted by Crippen LogP contribution is -2.39. The van der Waals surface area contributed by atoms with Gasteiger partial charge in [-0.2, -0.15) is 0 Å². The predicted octanol–water partition coefficient (Wildman–Crippen LogP) is 1.83. The Labute approximate surface area is 122 Å². The molecule has 0 bridgehead atoms. The number of carbonyl (C=O) groups excluding carboxylic acids is 1. The third-order valence-electron chi connectivity index (χ3n) is 3.28. The number of halogens is 1. The molecule has 0 spiro atoms. The Balaban J connectivity index is 2.14. The van der Waals surface area contributed by atoms with Gasteiger partial charge in [0.25, 0.3) is 15.0 Å². The summed E-state index contributed by atoms with van der Waals surface area (Å²) in [5.74, 6) is -0.201. The van der Waals surface area contributed by atoms with Gasteiger partial charge < -0.3 is 10.1 Å². The van der Waals surface area contributed by atoms with Gasteiger partial charge in [-0.25, -0.2) is 8.42 Å². The van der Waals surface area contributed by atoms with Crippen LogP contribution in [0, 0.1) is 6.92 Å². The van der Waals surface area contributed by atoms with Gasteiger partial charge in [-0.3, -0.25) is 4.79 Å². The van der Waals surface area contributed by atoms with Crippen molar-refractivity contribution >= 4 is 25.6 Å². The highest BCUT2D eigenvalue weighted by Crippen LogP contribution is 2.19. The second-order valence-corrected chi connectivity index (χ2v) is 7.34. The number of ether oxygens (including phenoxy) is 1. The molecule has 1 aromatic carbocycles. The van der Waals surface area contributed by atoms with E-state index in [0.29, 0.717) is 24.3 Å². The van der Waals surface area contributed by atoms with Gasteiger partial charge in [-0.15, -0.1) is 0 Å². The monoisotopic (exact) mass is 317 g/mol. The number of amides is 1. The van der Waals surface area contributed by atoms with E-state index in [9.17, 15) is 13.2 Å². The Morgan fingerprint density at radius 2 is 2.00 bits per heavy atom. The SMILES string of the molecule is Cc1cc(S(=O)(=O)Cl)ccc1C(=O)NC1CCOCC1. The average Bonchev–Trinajstić information content (AvgIpc) is 2.38. The molecule has 0 atom stereocenters. The molecule has 1 heterocycles. The van der Waals surface area contributed by atoms with Crippen LogP contribution < -0.4 is 5.32 Å². The summed E-state index contributed by atoms with van der Waals surface area (Å²) in [6.45, 7) is 2.98. The molecular weight excluding hydrogens is 302 g/mol. The highest BCUT2D eigenvalue weighted by atomic mass is 35.7. The fourth-order valence-electron chi connectivity index (χ4n) is 2.15. The lowest BCUT2D eigenvalue weighted by atomic mass is 10.1. The maximum atomic E-state index is 12.2. The molecule has 2 rings (SSSR count). The molecule has 0 radical (unpaired) electrons. The zero-order valence-corrected chi connectivity index (χ0v) is 12.6. The first kappa shape index (κ1) is 15.3. The normalized spacial score (nSPS) is 16.9. The third-order valence-corrected chi connectivity index (χ3v) is 4.63. The van der Waals surface area contributed by atoms with Crippen molar-refractivity contribution in [3.05, 3.63) is 29.3 Å². The lowest BCUT2D eigenvalue weighted by Gasteiger charge is -2.23. The Morgan fingerprint density at radius 3 is 2.55 bits per heavy atom. The molecule has 7 heteroatoms. The van der Waals surface area contributed by atoms with Crippen molar-refractivity contribution in [3.8, 4) is 0 Å². The molecule has 0 unspecified atom stereocenters. The predicted molar refractivity (Wildman–Crippen MR) is 75.5 cm³/mol. The van der Waals surface area contributed by atoms with E-state index in [1.807, 2.05) is 0 Å². The first-order chi connectivity index (χ1) is 9.38. The van der Waals surface area contributed by atoms with E-state index in [1.54, 1.807) is 6.92 Å². The number of hydrogen-bond acceptors (Lipinski definition) is 4. The van der Waals surface area contributed by atoms with Crippen molar-refractivity contribution in [3.63, 3.8) is 0 Å². The smallest absolute Gasteiger partial charge is 0.261 e. The Morgan fingerprint density at radius 1 is 1.35 bits per heavy atom. The maximum Gasteiger partial charge on any atom is 0.261 e. The molecule has 0 aromatic heterocycles. The molecule has 5 nitrogen and oxygen atoms in total. The fraction of sp³-hybridized carbons (Fsp3) is 0.462. The topological polar surface area (TPSA) is 72.5 Å². The van der Waals surface area contributed by atoms with Gasteiger partial charge in [-0.05, 0) is 43.5 Å². The second-order valence-electron chi connectivity index (χ2n) is 4.77. The van der Waals surface area contributed by atoms with E-state index in [2.05, 4.69) is 5.32 Å². The van der Waals surface area contributed by atoms with Crippen LogP contribution in [0.4, 0.5) is 0 Å². The summed E-state index contributed by atoms with van der Waals surface area (Å²) >= 11 is 0. The van der Waals surface area contributed by atoms with Crippen molar-refractivity contribution < 1.29 is 17.9 Å². The minimum absolute atomic E-state index is 0.000664. The molecule has 20 heavy (non-hydrogen) atoms. The Hall–Kier alpha value is -1.11. The minimum Gasteiger partial charge on any atom is -0.381 e. The zero-order chi connectivity index (χ0) is 14.8. The van der Waals surface area contributed by atoms with Crippen molar-refractivity contribution in [1.82, 2.24) is 5.32 Å². The quantitative estimate of drug-likeness (QED) is 0.863. The second kappa shape index (κ2) is 6.11. The summed E-state index contributed by atoms with van der Waals surface area (Å²) in [7, 11) is 1.50. The van der Waals surface area contributed by atoms with Crippen LogP contribution in [-0.4, -0.2) is 33.6 Å². The summed E-state index contributed by atoms with van der Waals surface area (Å²) < 4.78 is 27.7. The van der Waals surface area contributed by atoms with Gasteiger partial charge in [0, 0.05) is 35.5 Å². The van der Waals surface area contributed by atoms with Crippen LogP contribution in [-0.2, 0) is 13.8 Å². The van der Waals surface area contributed by atoms with Gasteiger partial charge in [0.2, 0.25) is 0 Å². The van der Waals surface area contributed by atoms with Crippen LogP contribution >= 0.6 is 10.7 Å². The van der Waals surface area contributed by atoms with Gasteiger partial charge in [0.15, 0.2) is 0 Å². The summed E-state index contributed by atoms with van der Waals surface area (Å²) in [4.78, 5) is 12.2. The van der Waals surface area contributed by atoms with Gasteiger partial charge in [0.05, 0.1) is 4.90 Å². The van der Waals surface area contributed by atoms with Crippen LogP contribution in [0.2, 0.25) is 0 Å². The summed E-state index contributed by atoms with van der Waals surface area (Å²) in [6, 6.07) is 4.33. The van der Waals surface area contributed by atoms with Gasteiger partial charge in [-0.1, -0.05) is 0 Å². The number of carbonyl (C=O) groups is 1. The Bertz CT molecular complexity index is 609. The molecule has 110 valence electrons. The van der Waals surface area contributed by atoms with E-state index >= 15 is 0 Å². The van der Waals surface area contributed by atoms with Gasteiger partial charge in [0.1, 0.15) is 0 Å². The van der Waals surface area contributed by atoms with E-state index in [1.165, 1.54) is 18.2 Å². The summed E-state index contributed by atoms with van der Waals surface area (Å²) in [5.41, 5.74) is 1.04. The molecule has 1 aromatic rings. The molecule has 1 aliphatic heterocycles. The van der Waals surface area contributed by atoms with Crippen molar-refractivity contribution in [2.75, 3.05) is 13.2 Å². The van der Waals surface area contributed by atoms with E-state index in [0.717, 1.165) is 12.8 Å². The minimum atomic E-state index is -3.77. The van der Waals surface area contributed by atoms with Crippen LogP contribution in [0.25, 0.3) is 0 Å². The first-order valence-electron chi connectivity index (χ1n) is 6.32. The van der Waals surface area contributed by atoms with E-state index in [-0.39, 0.29) is 16.8 Å². The van der Waals surface area contributed by atoms with E-state index in [4.69, 9.17) is 15.4 Å². The molecule has 0 aliphatic carbocycles. The standard InChI is InChI=1S/C13H16ClNO4S/c1-9-8-11(20(14,17)18)2-3-12(9)13(16)15-10-4-6-19-7-5-10/h2-3,8,10H,4-7H2,1H3,(H,15,16). The van der Waals surface area contributed by atoms with Crippen LogP contribution in [0.5, 0.6) is 0 Å². The molecule has 1 N–H and O–H groups in total. The third kappa shape index (κ3) is 3.71. The highest BCUT2D eigenvalue weighted by molar-refractivity contribution is 8.13. The maximum absolute atomic E-state index is 12.2. The summed E-state index contributed by atoms with van der Waals surface area (Å²) in [5, 5.41) is 2.93. The number of hydrogen-bond donors (Lipinski definition) is 1. The lowest BCUT2D eigenvalue weighted by molar-refractivity contribution is 0.0696. The number of nitrogens with one attached hydrogen (secondary N) is 1. The molecular formula is C13H16ClNO4S. The van der Waals surface area contributed by atoms with Crippen molar-refractivity contribution in [2.45, 2.75) is 30.7 Å². The first-order valence-corrected chi connectivity index (χ1v) is 8.63. The molecule has 1 fully saturated rings. The molecule has 1 saturated heterocycles. The molecule has 1 aliphatic rings. The average molecular weight is 318 g/mol. The fourth-order valence-corrected chi connectivity index (χ4v) is 2.98. The largest absolute Gasteiger partial charge is 0.381 e. The molecule has 1 amide bonds. The number of benzene rings is 1. The van der Waals surface area contributed by atoms with Crippen molar-refractivity contribution in [1.29, 1.82) is 0 Å². The Kier molecular flexibility index (Phi) is 4.67. The van der Waals surface area contributed by atoms with Crippen LogP contribution in [0.1, 0.15) is 28.8 Å². The van der Waals surface area contributed by atoms with Crippen LogP contribution in [0.3, 0.4) is 0 Å². The number of rotatable bonds is 3. The molecule has 0 saturated carbocycles. The van der Waals surface area contributed by atoms with E-state index < -0.39 is 9.05 Å². The van der Waals surface area contributed by atoms with Crippen LogP contribution in [0.15, 0.2) is 23.1 Å².